The lowest BCUT2D eigenvalue weighted by Gasteiger charge is -2.37. The van der Waals surface area contributed by atoms with Crippen molar-refractivity contribution in [1.29, 1.82) is 0 Å². The molecule has 0 unspecified atom stereocenters. The number of pyridine rings is 2. The third-order valence-electron chi connectivity index (χ3n) is 7.41. The number of Topliss-reactive ketones (excluding diaryl/α,β-unsaturated/α-hetero) is 1. The van der Waals surface area contributed by atoms with Crippen LogP contribution in [0.3, 0.4) is 0 Å². The number of nitrogens with zero attached hydrogens (tertiary/aromatic N) is 3. The molecular formula is C30H36FN3O3Si. The molecule has 0 radical (unpaired) electrons. The Bertz CT molecular complexity index is 1410. The number of hydrogen-bond acceptors (Lipinski definition) is 5. The smallest absolute Gasteiger partial charge is 0.192 e. The maximum Gasteiger partial charge on any atom is 0.192 e. The van der Waals surface area contributed by atoms with Crippen LogP contribution in [0.4, 0.5) is 4.39 Å². The molecule has 0 amide bonds. The van der Waals surface area contributed by atoms with Crippen molar-refractivity contribution < 1.29 is 18.3 Å². The molecule has 4 aromatic rings. The van der Waals surface area contributed by atoms with E-state index in [9.17, 15) is 9.18 Å². The Morgan fingerprint density at radius 1 is 1.08 bits per heavy atom. The van der Waals surface area contributed by atoms with Gasteiger partial charge in [0, 0.05) is 31.3 Å². The largest absolute Gasteiger partial charge is 0.483 e. The Hall–Kier alpha value is -3.36. The van der Waals surface area contributed by atoms with E-state index in [0.717, 1.165) is 5.56 Å². The second-order valence-corrected chi connectivity index (χ2v) is 15.9. The van der Waals surface area contributed by atoms with Crippen LogP contribution in [0.5, 0.6) is 5.75 Å². The molecule has 0 fully saturated rings. The van der Waals surface area contributed by atoms with E-state index in [1.54, 1.807) is 22.7 Å². The van der Waals surface area contributed by atoms with Gasteiger partial charge in [0.1, 0.15) is 23.8 Å². The minimum absolute atomic E-state index is 0.0180. The minimum Gasteiger partial charge on any atom is -0.483 e. The van der Waals surface area contributed by atoms with E-state index in [2.05, 4.69) is 56.0 Å². The van der Waals surface area contributed by atoms with Crippen LogP contribution in [0, 0.1) is 12.7 Å². The van der Waals surface area contributed by atoms with Crippen LogP contribution in [-0.2, 0) is 11.0 Å². The Labute approximate surface area is 225 Å². The highest BCUT2D eigenvalue weighted by atomic mass is 28.4. The Balaban J connectivity index is 1.59. The zero-order valence-corrected chi connectivity index (χ0v) is 24.0. The number of imidazole rings is 1. The molecule has 0 saturated heterocycles. The van der Waals surface area contributed by atoms with Crippen molar-refractivity contribution in [3.05, 3.63) is 95.5 Å². The van der Waals surface area contributed by atoms with Gasteiger partial charge in [0.05, 0.1) is 5.69 Å². The number of aryl methyl sites for hydroxylation is 1. The van der Waals surface area contributed by atoms with E-state index < -0.39 is 14.1 Å². The second kappa shape index (κ2) is 11.2. The number of carbonyl (C=O) groups is 1. The fraction of sp³-hybridized carbons (Fsp3) is 0.367. The lowest BCUT2D eigenvalue weighted by Crippen LogP contribution is -2.41. The maximum atomic E-state index is 14.0. The highest BCUT2D eigenvalue weighted by Crippen LogP contribution is 2.38. The number of ketones is 1. The molecule has 0 aliphatic heterocycles. The van der Waals surface area contributed by atoms with Gasteiger partial charge in [-0.2, -0.15) is 0 Å². The fourth-order valence-corrected chi connectivity index (χ4v) is 5.17. The predicted molar refractivity (Wildman–Crippen MR) is 150 cm³/mol. The first-order chi connectivity index (χ1) is 18.0. The average molecular weight is 534 g/mol. The van der Waals surface area contributed by atoms with Gasteiger partial charge in [-0.3, -0.25) is 14.2 Å². The van der Waals surface area contributed by atoms with Crippen molar-refractivity contribution in [2.24, 2.45) is 0 Å². The van der Waals surface area contributed by atoms with Gasteiger partial charge < -0.3 is 9.16 Å². The molecule has 4 rings (SSSR count). The zero-order valence-electron chi connectivity index (χ0n) is 23.0. The standard InChI is InChI=1S/C30H36FN3O3Si/c1-21-28(34-17-11-15-27(29(34)33-21)36-20-25-24(31)14-10-16-32-25)26(35)18-23(22-12-8-7-9-13-22)19-37-38(5,6)30(2,3)4/h7-17,23H,18-20H2,1-6H3/t23-/m0/s1. The first-order valence-electron chi connectivity index (χ1n) is 12.9. The van der Waals surface area contributed by atoms with Crippen LogP contribution in [0.25, 0.3) is 5.65 Å². The summed E-state index contributed by atoms with van der Waals surface area (Å²) in [4.78, 5) is 22.5. The molecule has 200 valence electrons. The van der Waals surface area contributed by atoms with E-state index in [1.165, 1.54) is 18.3 Å². The highest BCUT2D eigenvalue weighted by Gasteiger charge is 2.38. The van der Waals surface area contributed by atoms with Gasteiger partial charge in [-0.1, -0.05) is 51.1 Å². The molecule has 0 saturated carbocycles. The molecule has 0 spiro atoms. The van der Waals surface area contributed by atoms with Gasteiger partial charge in [0.2, 0.25) is 0 Å². The summed E-state index contributed by atoms with van der Waals surface area (Å²) in [5.74, 6) is -0.0766. The van der Waals surface area contributed by atoms with Crippen LogP contribution in [-0.4, -0.2) is 35.1 Å². The van der Waals surface area contributed by atoms with E-state index in [-0.39, 0.29) is 35.5 Å². The van der Waals surface area contributed by atoms with E-state index >= 15 is 0 Å². The number of ether oxygens (including phenoxy) is 1. The Morgan fingerprint density at radius 2 is 1.82 bits per heavy atom. The predicted octanol–water partition coefficient (Wildman–Crippen LogP) is 7.13. The first kappa shape index (κ1) is 27.7. The number of halogens is 1. The molecule has 0 bridgehead atoms. The molecule has 0 N–H and O–H groups in total. The van der Waals surface area contributed by atoms with Crippen LogP contribution in [0.2, 0.25) is 18.1 Å². The lowest BCUT2D eigenvalue weighted by atomic mass is 9.93. The van der Waals surface area contributed by atoms with Gasteiger partial charge in [-0.25, -0.2) is 9.37 Å². The van der Waals surface area contributed by atoms with Crippen molar-refractivity contribution in [3.63, 3.8) is 0 Å². The summed E-state index contributed by atoms with van der Waals surface area (Å²) in [5.41, 5.74) is 2.93. The maximum absolute atomic E-state index is 14.0. The molecule has 0 aliphatic rings. The van der Waals surface area contributed by atoms with E-state index in [1.807, 2.05) is 25.1 Å². The third-order valence-corrected chi connectivity index (χ3v) is 11.9. The van der Waals surface area contributed by atoms with Crippen molar-refractivity contribution in [2.75, 3.05) is 6.61 Å². The molecule has 6 nitrogen and oxygen atoms in total. The van der Waals surface area contributed by atoms with E-state index in [0.29, 0.717) is 29.4 Å². The molecule has 0 aliphatic carbocycles. The average Bonchev–Trinajstić information content (AvgIpc) is 3.22. The summed E-state index contributed by atoms with van der Waals surface area (Å²) in [7, 11) is -2.00. The minimum atomic E-state index is -2.00. The summed E-state index contributed by atoms with van der Waals surface area (Å²) in [6.07, 6.45) is 3.62. The van der Waals surface area contributed by atoms with Gasteiger partial charge >= 0.3 is 0 Å². The Morgan fingerprint density at radius 3 is 2.50 bits per heavy atom. The van der Waals surface area contributed by atoms with Gasteiger partial charge in [-0.05, 0) is 54.9 Å². The summed E-state index contributed by atoms with van der Waals surface area (Å²) in [6, 6.07) is 16.5. The number of aromatic nitrogens is 3. The molecule has 1 aromatic carbocycles. The van der Waals surface area contributed by atoms with Crippen molar-refractivity contribution >= 4 is 19.7 Å². The highest BCUT2D eigenvalue weighted by molar-refractivity contribution is 6.74. The number of carbonyl (C=O) groups excluding carboxylic acids is 1. The van der Waals surface area contributed by atoms with Crippen molar-refractivity contribution in [3.8, 4) is 5.75 Å². The van der Waals surface area contributed by atoms with Crippen LogP contribution in [0.1, 0.15) is 60.5 Å². The number of hydrogen-bond donors (Lipinski definition) is 0. The molecule has 3 heterocycles. The van der Waals surface area contributed by atoms with Crippen LogP contribution in [0.15, 0.2) is 67.0 Å². The summed E-state index contributed by atoms with van der Waals surface area (Å²) in [5, 5.41) is 0.0745. The van der Waals surface area contributed by atoms with Gasteiger partial charge in [-0.15, -0.1) is 0 Å². The summed E-state index contributed by atoms with van der Waals surface area (Å²) < 4.78 is 28.2. The van der Waals surface area contributed by atoms with Gasteiger partial charge in [0.25, 0.3) is 0 Å². The lowest BCUT2D eigenvalue weighted by molar-refractivity contribution is 0.0955. The summed E-state index contributed by atoms with van der Waals surface area (Å²) >= 11 is 0. The van der Waals surface area contributed by atoms with Crippen molar-refractivity contribution in [1.82, 2.24) is 14.4 Å². The molecular weight excluding hydrogens is 497 g/mol. The number of fused-ring (bicyclic) bond motifs is 1. The fourth-order valence-electron chi connectivity index (χ4n) is 4.12. The van der Waals surface area contributed by atoms with Crippen LogP contribution >= 0.6 is 0 Å². The topological polar surface area (TPSA) is 65.7 Å². The normalized spacial score (nSPS) is 13.0. The second-order valence-electron chi connectivity index (χ2n) is 11.1. The number of benzene rings is 1. The number of rotatable bonds is 10. The zero-order chi connectivity index (χ0) is 27.5. The first-order valence-corrected chi connectivity index (χ1v) is 15.8. The molecule has 1 atom stereocenters. The monoisotopic (exact) mass is 533 g/mol. The summed E-state index contributed by atoms with van der Waals surface area (Å²) in [6.45, 7) is 13.4. The van der Waals surface area contributed by atoms with Gasteiger partial charge in [0.15, 0.2) is 25.5 Å². The quantitative estimate of drug-likeness (QED) is 0.160. The SMILES string of the molecule is Cc1nc2c(OCc3ncccc3F)cccn2c1C(=O)C[C@@H](CO[Si](C)(C)C(C)(C)C)c1ccccc1. The van der Waals surface area contributed by atoms with E-state index in [4.69, 9.17) is 9.16 Å². The molecule has 8 heteroatoms. The third kappa shape index (κ3) is 6.02. The van der Waals surface area contributed by atoms with Crippen LogP contribution < -0.4 is 4.74 Å². The molecule has 3 aromatic heterocycles. The van der Waals surface area contributed by atoms with Crippen molar-refractivity contribution in [2.45, 2.75) is 64.8 Å². The molecule has 38 heavy (non-hydrogen) atoms. The Kier molecular flexibility index (Phi) is 8.13.